The van der Waals surface area contributed by atoms with Gasteiger partial charge in [-0.3, -0.25) is 4.55 Å². The third kappa shape index (κ3) is 4.09. The van der Waals surface area contributed by atoms with E-state index in [0.717, 1.165) is 5.56 Å². The maximum Gasteiger partial charge on any atom is 0.333 e. The van der Waals surface area contributed by atoms with Crippen LogP contribution in [0.5, 0.6) is 0 Å². The molecule has 0 spiro atoms. The van der Waals surface area contributed by atoms with Gasteiger partial charge < -0.3 is 4.42 Å². The minimum atomic E-state index is -4.20. The lowest BCUT2D eigenvalue weighted by Crippen LogP contribution is -2.47. The van der Waals surface area contributed by atoms with Crippen LogP contribution < -0.4 is 9.40 Å². The van der Waals surface area contributed by atoms with Crippen molar-refractivity contribution in [2.75, 3.05) is 0 Å². The van der Waals surface area contributed by atoms with Crippen molar-refractivity contribution in [3.8, 4) is 11.5 Å². The summed E-state index contributed by atoms with van der Waals surface area (Å²) in [5, 5.41) is 4.10. The summed E-state index contributed by atoms with van der Waals surface area (Å²) in [7, 11) is -4.20. The molecule has 9 heteroatoms. The molecule has 1 unspecified atom stereocenters. The predicted molar refractivity (Wildman–Crippen MR) is 64.1 cm³/mol. The summed E-state index contributed by atoms with van der Waals surface area (Å²) in [5.41, 5.74) is 0.719. The third-order valence-corrected chi connectivity index (χ3v) is 2.96. The highest BCUT2D eigenvalue weighted by Crippen LogP contribution is 2.13. The molecule has 0 fully saturated rings. The average Bonchev–Trinajstić information content (AvgIpc) is 2.80. The molecule has 19 heavy (non-hydrogen) atoms. The zero-order valence-electron chi connectivity index (χ0n) is 10.1. The van der Waals surface area contributed by atoms with E-state index in [4.69, 9.17) is 8.97 Å². The Morgan fingerprint density at radius 3 is 2.89 bits per heavy atom. The summed E-state index contributed by atoms with van der Waals surface area (Å²) in [4.78, 5) is 3.98. The lowest BCUT2D eigenvalue weighted by molar-refractivity contribution is -0.755. The lowest BCUT2D eigenvalue weighted by Gasteiger charge is -2.06. The molecule has 8 nitrogen and oxygen atoms in total. The van der Waals surface area contributed by atoms with Gasteiger partial charge >= 0.3 is 10.3 Å². The molecule has 2 N–H and O–H groups in total. The van der Waals surface area contributed by atoms with Crippen molar-refractivity contribution in [2.45, 2.75) is 19.5 Å². The van der Waals surface area contributed by atoms with Gasteiger partial charge in [-0.05, 0) is 12.0 Å². The first-order valence-electron chi connectivity index (χ1n) is 5.44. The number of nitrogens with one attached hydrogen (secondary N) is 1. The van der Waals surface area contributed by atoms with Gasteiger partial charge in [0.2, 0.25) is 5.89 Å². The van der Waals surface area contributed by atoms with E-state index in [1.807, 2.05) is 4.72 Å². The predicted octanol–water partition coefficient (Wildman–Crippen LogP) is -0.195. The molecule has 0 aliphatic rings. The number of hydrogen-bond acceptors (Lipinski definition) is 5. The normalized spacial score (nSPS) is 13.4. The molecule has 0 amide bonds. The molecule has 2 aromatic heterocycles. The zero-order valence-corrected chi connectivity index (χ0v) is 10.9. The molecule has 0 saturated heterocycles. The van der Waals surface area contributed by atoms with E-state index in [9.17, 15) is 8.42 Å². The minimum Gasteiger partial charge on any atom is -0.444 e. The van der Waals surface area contributed by atoms with Gasteiger partial charge in [0.05, 0.1) is 17.8 Å². The molecule has 0 aliphatic carbocycles. The van der Waals surface area contributed by atoms with E-state index in [-0.39, 0.29) is 6.54 Å². The molecule has 0 saturated carbocycles. The van der Waals surface area contributed by atoms with E-state index in [2.05, 4.69) is 10.1 Å². The van der Waals surface area contributed by atoms with Crippen LogP contribution in [0.25, 0.3) is 11.5 Å². The Morgan fingerprint density at radius 2 is 2.37 bits per heavy atom. The third-order valence-electron chi connectivity index (χ3n) is 2.26. The molecule has 0 radical (unpaired) electrons. The Labute approximate surface area is 110 Å². The maximum atomic E-state index is 10.6. The zero-order chi connectivity index (χ0) is 13.9. The summed E-state index contributed by atoms with van der Waals surface area (Å²) in [5.74, 6) is 0.462. The molecule has 1 atom stereocenters. The Hall–Kier alpha value is -1.84. The first-order valence-corrected chi connectivity index (χ1v) is 6.88. The number of rotatable bonds is 5. The van der Waals surface area contributed by atoms with Crippen LogP contribution in [0.3, 0.4) is 0 Å². The fourth-order valence-electron chi connectivity index (χ4n) is 1.56. The van der Waals surface area contributed by atoms with Gasteiger partial charge in [-0.1, -0.05) is 4.68 Å². The quantitative estimate of drug-likeness (QED) is 0.582. The van der Waals surface area contributed by atoms with Gasteiger partial charge in [-0.25, -0.2) is 4.98 Å². The molecule has 2 rings (SSSR count). The highest BCUT2D eigenvalue weighted by Gasteiger charge is 2.16. The Morgan fingerprint density at radius 1 is 1.58 bits per heavy atom. The molecular weight excluding hydrogens is 272 g/mol. The van der Waals surface area contributed by atoms with Crippen LogP contribution in [0.1, 0.15) is 6.92 Å². The maximum absolute atomic E-state index is 10.6. The summed E-state index contributed by atoms with van der Waals surface area (Å²) < 4.78 is 38.6. The van der Waals surface area contributed by atoms with Crippen LogP contribution in [-0.4, -0.2) is 29.1 Å². The van der Waals surface area contributed by atoms with E-state index in [0.29, 0.717) is 5.89 Å². The van der Waals surface area contributed by atoms with Crippen molar-refractivity contribution in [1.29, 1.82) is 0 Å². The smallest absolute Gasteiger partial charge is 0.333 e. The number of aromatic nitrogens is 3. The Kier molecular flexibility index (Phi) is 3.88. The van der Waals surface area contributed by atoms with Crippen molar-refractivity contribution in [3.05, 3.63) is 30.9 Å². The lowest BCUT2D eigenvalue weighted by atomic mass is 10.3. The Bertz CT molecular complexity index is 624. The Balaban J connectivity index is 2.03. The van der Waals surface area contributed by atoms with E-state index in [1.165, 1.54) is 17.1 Å². The molecular formula is C10H13N4O4S+. The van der Waals surface area contributed by atoms with Crippen molar-refractivity contribution in [3.63, 3.8) is 0 Å². The van der Waals surface area contributed by atoms with E-state index < -0.39 is 16.3 Å². The summed E-state index contributed by atoms with van der Waals surface area (Å²) in [6, 6.07) is 1.26. The molecule has 102 valence electrons. The topological polar surface area (TPSA) is 109 Å². The van der Waals surface area contributed by atoms with Crippen LogP contribution in [0.2, 0.25) is 0 Å². The highest BCUT2D eigenvalue weighted by molar-refractivity contribution is 7.83. The monoisotopic (exact) mass is 285 g/mol. The second-order valence-corrected chi connectivity index (χ2v) is 5.15. The van der Waals surface area contributed by atoms with Crippen LogP contribution in [0.15, 0.2) is 35.3 Å². The van der Waals surface area contributed by atoms with Gasteiger partial charge in [0.1, 0.15) is 12.5 Å². The first-order chi connectivity index (χ1) is 8.94. The van der Waals surface area contributed by atoms with Crippen molar-refractivity contribution in [2.24, 2.45) is 0 Å². The number of nitrogens with zero attached hydrogens (tertiary/aromatic N) is 3. The van der Waals surface area contributed by atoms with Gasteiger partial charge in [0.25, 0.3) is 0 Å². The highest BCUT2D eigenvalue weighted by atomic mass is 32.2. The van der Waals surface area contributed by atoms with Crippen LogP contribution in [0, 0.1) is 0 Å². The van der Waals surface area contributed by atoms with Gasteiger partial charge in [-0.2, -0.15) is 13.1 Å². The van der Waals surface area contributed by atoms with Crippen molar-refractivity contribution >= 4 is 10.3 Å². The summed E-state index contributed by atoms with van der Waals surface area (Å²) in [6.45, 7) is 1.90. The van der Waals surface area contributed by atoms with Gasteiger partial charge in [0.15, 0.2) is 12.7 Å². The van der Waals surface area contributed by atoms with Crippen molar-refractivity contribution in [1.82, 2.24) is 14.8 Å². The summed E-state index contributed by atoms with van der Waals surface area (Å²) >= 11 is 0. The number of hydrogen-bond donors (Lipinski definition) is 2. The van der Waals surface area contributed by atoms with Crippen LogP contribution in [-0.2, 0) is 16.8 Å². The molecule has 2 heterocycles. The largest absolute Gasteiger partial charge is 0.444 e. The SMILES string of the molecule is CC(C[n+]1ccc(-c2ncco2)cn1)NS(=O)(=O)O. The molecule has 0 bridgehead atoms. The minimum absolute atomic E-state index is 0.283. The van der Waals surface area contributed by atoms with Gasteiger partial charge in [0, 0.05) is 6.07 Å². The van der Waals surface area contributed by atoms with Gasteiger partial charge in [-0.15, -0.1) is 0 Å². The van der Waals surface area contributed by atoms with E-state index in [1.54, 1.807) is 25.4 Å². The van der Waals surface area contributed by atoms with Crippen LogP contribution >= 0.6 is 0 Å². The second kappa shape index (κ2) is 5.43. The van der Waals surface area contributed by atoms with Crippen LogP contribution in [0.4, 0.5) is 0 Å². The molecule has 0 aromatic carbocycles. The number of oxazole rings is 1. The molecule has 2 aromatic rings. The molecule has 0 aliphatic heterocycles. The van der Waals surface area contributed by atoms with E-state index >= 15 is 0 Å². The standard InChI is InChI=1S/C10H12N4O4S/c1-8(13-19(15,16)17)7-14-4-2-9(6-12-14)10-11-3-5-18-10/h2-6,8,13H,7H2,1H3/p+1. The fourth-order valence-corrected chi connectivity index (χ4v) is 2.14. The van der Waals surface area contributed by atoms with Crippen molar-refractivity contribution < 1.29 is 22.1 Å². The summed E-state index contributed by atoms with van der Waals surface area (Å²) in [6.07, 6.45) is 6.23. The average molecular weight is 285 g/mol. The first kappa shape index (κ1) is 13.6. The second-order valence-electron chi connectivity index (χ2n) is 3.97. The fraction of sp³-hybridized carbons (Fsp3) is 0.300.